The second-order valence-corrected chi connectivity index (χ2v) is 7.88. The van der Waals surface area contributed by atoms with Crippen molar-refractivity contribution < 1.29 is 27.9 Å². The van der Waals surface area contributed by atoms with E-state index < -0.39 is 28.3 Å². The lowest BCUT2D eigenvalue weighted by Crippen LogP contribution is -2.38. The van der Waals surface area contributed by atoms with Crippen LogP contribution < -0.4 is 0 Å². The van der Waals surface area contributed by atoms with Crippen LogP contribution in [0, 0.1) is 0 Å². The molecule has 7 nitrogen and oxygen atoms in total. The molecule has 0 aliphatic carbocycles. The first-order valence-electron chi connectivity index (χ1n) is 8.20. The predicted molar refractivity (Wildman–Crippen MR) is 99.2 cm³/mol. The van der Waals surface area contributed by atoms with Gasteiger partial charge in [-0.25, -0.2) is 8.42 Å². The fraction of sp³-hybridized carbons (Fsp3) is 0.263. The number of sulfone groups is 1. The maximum Gasteiger partial charge on any atom is 0.323 e. The molecule has 144 valence electrons. The van der Waals surface area contributed by atoms with E-state index in [9.17, 15) is 18.0 Å². The van der Waals surface area contributed by atoms with Gasteiger partial charge in [-0.15, -0.1) is 0 Å². The minimum absolute atomic E-state index is 0.0132. The molecule has 27 heavy (non-hydrogen) atoms. The van der Waals surface area contributed by atoms with E-state index in [1.54, 1.807) is 30.3 Å². The fourth-order valence-electron chi connectivity index (χ4n) is 2.50. The van der Waals surface area contributed by atoms with Crippen LogP contribution in [0.4, 0.5) is 0 Å². The van der Waals surface area contributed by atoms with Gasteiger partial charge < -0.3 is 14.7 Å². The average molecular weight is 391 g/mol. The van der Waals surface area contributed by atoms with Crippen molar-refractivity contribution in [2.24, 2.45) is 0 Å². The fourth-order valence-corrected chi connectivity index (χ4v) is 3.89. The number of rotatable bonds is 9. The van der Waals surface area contributed by atoms with Gasteiger partial charge in [0.1, 0.15) is 6.54 Å². The number of nitrogens with zero attached hydrogens (tertiary/aromatic N) is 1. The number of benzene rings is 2. The SMILES string of the molecule is COCCN(CC(=O)O)C(=O)c1cccc(S(=O)(=O)Cc2ccccc2)c1. The van der Waals surface area contributed by atoms with E-state index in [1.165, 1.54) is 31.4 Å². The van der Waals surface area contributed by atoms with Crippen molar-refractivity contribution >= 4 is 21.7 Å². The molecule has 1 amide bonds. The summed E-state index contributed by atoms with van der Waals surface area (Å²) < 4.78 is 30.2. The first-order chi connectivity index (χ1) is 12.8. The van der Waals surface area contributed by atoms with E-state index in [0.717, 1.165) is 4.90 Å². The Bertz CT molecular complexity index is 895. The third-order valence-corrected chi connectivity index (χ3v) is 5.50. The summed E-state index contributed by atoms with van der Waals surface area (Å²) in [5.74, 6) is -1.91. The Hall–Kier alpha value is -2.71. The molecule has 0 aliphatic heterocycles. The topological polar surface area (TPSA) is 101 Å². The molecule has 0 radical (unpaired) electrons. The summed E-state index contributed by atoms with van der Waals surface area (Å²) in [6, 6.07) is 14.4. The van der Waals surface area contributed by atoms with Crippen LogP contribution in [-0.4, -0.2) is 57.1 Å². The average Bonchev–Trinajstić information content (AvgIpc) is 2.65. The van der Waals surface area contributed by atoms with E-state index in [0.29, 0.717) is 5.56 Å². The maximum atomic E-state index is 12.7. The molecule has 0 aromatic heterocycles. The summed E-state index contributed by atoms with van der Waals surface area (Å²) in [7, 11) is -2.20. The summed E-state index contributed by atoms with van der Waals surface area (Å²) in [5, 5.41) is 9.00. The zero-order chi connectivity index (χ0) is 19.9. The number of ether oxygens (including phenoxy) is 1. The molecule has 0 unspecified atom stereocenters. The van der Waals surface area contributed by atoms with E-state index >= 15 is 0 Å². The molecule has 2 aromatic carbocycles. The number of hydrogen-bond acceptors (Lipinski definition) is 5. The van der Waals surface area contributed by atoms with Crippen molar-refractivity contribution in [1.82, 2.24) is 4.90 Å². The normalized spacial score (nSPS) is 11.1. The highest BCUT2D eigenvalue weighted by molar-refractivity contribution is 7.90. The van der Waals surface area contributed by atoms with Crippen molar-refractivity contribution in [3.05, 3.63) is 65.7 Å². The van der Waals surface area contributed by atoms with Crippen molar-refractivity contribution in [3.8, 4) is 0 Å². The number of carboxylic acid groups (broad SMARTS) is 1. The standard InChI is InChI=1S/C19H21NO6S/c1-26-11-10-20(13-18(21)22)19(23)16-8-5-9-17(12-16)27(24,25)14-15-6-3-2-4-7-15/h2-9,12H,10-11,13-14H2,1H3,(H,21,22). The second-order valence-electron chi connectivity index (χ2n) is 5.89. The lowest BCUT2D eigenvalue weighted by molar-refractivity contribution is -0.137. The summed E-state index contributed by atoms with van der Waals surface area (Å²) in [4.78, 5) is 24.8. The molecule has 8 heteroatoms. The van der Waals surface area contributed by atoms with Crippen LogP contribution in [0.5, 0.6) is 0 Å². The Morgan fingerprint density at radius 2 is 1.78 bits per heavy atom. The van der Waals surface area contributed by atoms with Gasteiger partial charge in [0.05, 0.1) is 17.3 Å². The zero-order valence-corrected chi connectivity index (χ0v) is 15.7. The number of methoxy groups -OCH3 is 1. The monoisotopic (exact) mass is 391 g/mol. The van der Waals surface area contributed by atoms with Crippen LogP contribution >= 0.6 is 0 Å². The Kier molecular flexibility index (Phi) is 7.09. The predicted octanol–water partition coefficient (Wildman–Crippen LogP) is 1.83. The number of aliphatic carboxylic acids is 1. The lowest BCUT2D eigenvalue weighted by atomic mass is 10.2. The van der Waals surface area contributed by atoms with Gasteiger partial charge in [-0.3, -0.25) is 9.59 Å². The van der Waals surface area contributed by atoms with Gasteiger partial charge in [0.25, 0.3) is 5.91 Å². The Morgan fingerprint density at radius 1 is 1.07 bits per heavy atom. The summed E-state index contributed by atoms with van der Waals surface area (Å²) >= 11 is 0. The molecule has 0 saturated heterocycles. The van der Waals surface area contributed by atoms with Gasteiger partial charge in [0.2, 0.25) is 0 Å². The highest BCUT2D eigenvalue weighted by Crippen LogP contribution is 2.18. The molecule has 0 saturated carbocycles. The molecule has 0 aliphatic rings. The Labute approximate surface area is 158 Å². The van der Waals surface area contributed by atoms with Crippen LogP contribution in [0.1, 0.15) is 15.9 Å². The van der Waals surface area contributed by atoms with Crippen LogP contribution in [0.25, 0.3) is 0 Å². The number of carboxylic acids is 1. The minimum atomic E-state index is -3.65. The lowest BCUT2D eigenvalue weighted by Gasteiger charge is -2.20. The van der Waals surface area contributed by atoms with Crippen molar-refractivity contribution in [1.29, 1.82) is 0 Å². The smallest absolute Gasteiger partial charge is 0.323 e. The first-order valence-corrected chi connectivity index (χ1v) is 9.85. The molecule has 0 spiro atoms. The van der Waals surface area contributed by atoms with E-state index in [-0.39, 0.29) is 29.4 Å². The van der Waals surface area contributed by atoms with Crippen molar-refractivity contribution in [3.63, 3.8) is 0 Å². The summed E-state index contributed by atoms with van der Waals surface area (Å²) in [5.41, 5.74) is 0.753. The van der Waals surface area contributed by atoms with Crippen molar-refractivity contribution in [2.75, 3.05) is 26.8 Å². The molecule has 1 N–H and O–H groups in total. The van der Waals surface area contributed by atoms with Gasteiger partial charge >= 0.3 is 5.97 Å². The summed E-state index contributed by atoms with van der Waals surface area (Å²) in [6.07, 6.45) is 0. The van der Waals surface area contributed by atoms with Crippen LogP contribution in [0.2, 0.25) is 0 Å². The van der Waals surface area contributed by atoms with E-state index in [4.69, 9.17) is 9.84 Å². The van der Waals surface area contributed by atoms with Gasteiger partial charge in [-0.2, -0.15) is 0 Å². The molecule has 0 bridgehead atoms. The van der Waals surface area contributed by atoms with Crippen LogP contribution in [0.3, 0.4) is 0 Å². The third kappa shape index (κ3) is 5.90. The highest BCUT2D eigenvalue weighted by atomic mass is 32.2. The van der Waals surface area contributed by atoms with Crippen LogP contribution in [-0.2, 0) is 25.1 Å². The summed E-state index contributed by atoms with van der Waals surface area (Å²) in [6.45, 7) is -0.239. The first kappa shape index (κ1) is 20.6. The minimum Gasteiger partial charge on any atom is -0.480 e. The number of hydrogen-bond donors (Lipinski definition) is 1. The Morgan fingerprint density at radius 3 is 2.41 bits per heavy atom. The van der Waals surface area contributed by atoms with Crippen LogP contribution in [0.15, 0.2) is 59.5 Å². The van der Waals surface area contributed by atoms with Gasteiger partial charge in [-0.1, -0.05) is 36.4 Å². The molecule has 0 fully saturated rings. The number of amides is 1. The molecular weight excluding hydrogens is 370 g/mol. The quantitative estimate of drug-likeness (QED) is 0.700. The molecule has 0 atom stereocenters. The van der Waals surface area contributed by atoms with E-state index in [1.807, 2.05) is 0 Å². The van der Waals surface area contributed by atoms with Crippen molar-refractivity contribution in [2.45, 2.75) is 10.6 Å². The molecule has 2 rings (SSSR count). The second kappa shape index (κ2) is 9.29. The van der Waals surface area contributed by atoms with Gasteiger partial charge in [0.15, 0.2) is 9.84 Å². The van der Waals surface area contributed by atoms with Gasteiger partial charge in [-0.05, 0) is 23.8 Å². The largest absolute Gasteiger partial charge is 0.480 e. The zero-order valence-electron chi connectivity index (χ0n) is 14.9. The number of carbonyl (C=O) groups excluding carboxylic acids is 1. The van der Waals surface area contributed by atoms with Gasteiger partial charge in [0, 0.05) is 19.2 Å². The molecular formula is C19H21NO6S. The maximum absolute atomic E-state index is 12.7. The van der Waals surface area contributed by atoms with E-state index in [2.05, 4.69) is 0 Å². The molecule has 0 heterocycles. The third-order valence-electron chi connectivity index (χ3n) is 3.82. The Balaban J connectivity index is 2.26. The number of carbonyl (C=O) groups is 2. The molecule has 2 aromatic rings. The highest BCUT2D eigenvalue weighted by Gasteiger charge is 2.21.